The van der Waals surface area contributed by atoms with Gasteiger partial charge in [-0.3, -0.25) is 0 Å². The van der Waals surface area contributed by atoms with Crippen LogP contribution in [0.4, 0.5) is 5.69 Å². The van der Waals surface area contributed by atoms with E-state index in [1.165, 1.54) is 21.7 Å². The molecule has 0 amide bonds. The van der Waals surface area contributed by atoms with E-state index in [0.29, 0.717) is 0 Å². The van der Waals surface area contributed by atoms with Crippen LogP contribution in [-0.2, 0) is 6.54 Å². The van der Waals surface area contributed by atoms with Gasteiger partial charge in [-0.05, 0) is 41.5 Å². The fourth-order valence-electron chi connectivity index (χ4n) is 2.92. The van der Waals surface area contributed by atoms with Gasteiger partial charge < -0.3 is 4.90 Å². The van der Waals surface area contributed by atoms with E-state index in [4.69, 9.17) is 11.6 Å². The van der Waals surface area contributed by atoms with Crippen LogP contribution in [0.5, 0.6) is 0 Å². The standard InChI is InChI=1S/C20H16ClNS/c21-17-10-12-18(13-11-17)22-14-16-8-4-5-9-19(16)23-20(22)15-6-2-1-3-7-15/h1-13,20H,14H2. The van der Waals surface area contributed by atoms with Gasteiger partial charge >= 0.3 is 0 Å². The van der Waals surface area contributed by atoms with Gasteiger partial charge in [-0.25, -0.2) is 0 Å². The Morgan fingerprint density at radius 1 is 0.826 bits per heavy atom. The van der Waals surface area contributed by atoms with Crippen LogP contribution in [-0.4, -0.2) is 0 Å². The van der Waals surface area contributed by atoms with E-state index < -0.39 is 0 Å². The molecule has 0 aliphatic carbocycles. The molecule has 1 nitrogen and oxygen atoms in total. The lowest BCUT2D eigenvalue weighted by atomic mass is 10.1. The maximum absolute atomic E-state index is 6.06. The van der Waals surface area contributed by atoms with Gasteiger partial charge in [0.25, 0.3) is 0 Å². The zero-order valence-electron chi connectivity index (χ0n) is 12.5. The number of halogens is 1. The number of thioether (sulfide) groups is 1. The molecule has 3 aromatic carbocycles. The molecule has 0 aromatic heterocycles. The fraction of sp³-hybridized carbons (Fsp3) is 0.100. The monoisotopic (exact) mass is 337 g/mol. The first kappa shape index (κ1) is 14.7. The molecule has 1 aliphatic heterocycles. The SMILES string of the molecule is Clc1ccc(N2Cc3ccccc3SC2c2ccccc2)cc1. The Hall–Kier alpha value is -1.90. The van der Waals surface area contributed by atoms with Crippen LogP contribution in [0, 0.1) is 0 Å². The lowest BCUT2D eigenvalue weighted by molar-refractivity contribution is 0.755. The number of benzene rings is 3. The number of anilines is 1. The van der Waals surface area contributed by atoms with E-state index in [2.05, 4.69) is 71.6 Å². The summed E-state index contributed by atoms with van der Waals surface area (Å²) in [5.41, 5.74) is 3.90. The molecular formula is C20H16ClNS. The summed E-state index contributed by atoms with van der Waals surface area (Å²) in [5, 5.41) is 1.04. The predicted molar refractivity (Wildman–Crippen MR) is 99.1 cm³/mol. The van der Waals surface area contributed by atoms with Crippen molar-refractivity contribution in [3.05, 3.63) is 95.0 Å². The molecule has 1 heterocycles. The summed E-state index contributed by atoms with van der Waals surface area (Å²) < 4.78 is 0. The van der Waals surface area contributed by atoms with E-state index >= 15 is 0 Å². The molecule has 1 aliphatic rings. The molecular weight excluding hydrogens is 322 g/mol. The van der Waals surface area contributed by atoms with Crippen LogP contribution in [0.2, 0.25) is 5.02 Å². The van der Waals surface area contributed by atoms with Crippen molar-refractivity contribution < 1.29 is 0 Å². The summed E-state index contributed by atoms with van der Waals surface area (Å²) in [5.74, 6) is 0. The maximum Gasteiger partial charge on any atom is 0.105 e. The van der Waals surface area contributed by atoms with E-state index in [1.807, 2.05) is 23.9 Å². The van der Waals surface area contributed by atoms with Crippen LogP contribution in [0.3, 0.4) is 0 Å². The molecule has 0 radical (unpaired) electrons. The molecule has 0 saturated heterocycles. The van der Waals surface area contributed by atoms with Crippen molar-refractivity contribution in [2.45, 2.75) is 16.8 Å². The van der Waals surface area contributed by atoms with Crippen molar-refractivity contribution in [2.75, 3.05) is 4.90 Å². The van der Waals surface area contributed by atoms with Crippen molar-refractivity contribution in [3.8, 4) is 0 Å². The Morgan fingerprint density at radius 2 is 1.52 bits per heavy atom. The zero-order chi connectivity index (χ0) is 15.6. The second kappa shape index (κ2) is 6.31. The molecule has 3 heteroatoms. The molecule has 0 bridgehead atoms. The highest BCUT2D eigenvalue weighted by Gasteiger charge is 2.28. The Balaban J connectivity index is 1.78. The Kier molecular flexibility index (Phi) is 4.02. The largest absolute Gasteiger partial charge is 0.351 e. The molecule has 0 N–H and O–H groups in total. The zero-order valence-corrected chi connectivity index (χ0v) is 14.1. The van der Waals surface area contributed by atoms with Gasteiger partial charge in [-0.15, -0.1) is 0 Å². The molecule has 0 spiro atoms. The second-order valence-corrected chi connectivity index (χ2v) is 7.15. The molecule has 0 fully saturated rings. The smallest absolute Gasteiger partial charge is 0.105 e. The quantitative estimate of drug-likeness (QED) is 0.551. The van der Waals surface area contributed by atoms with Crippen LogP contribution in [0.25, 0.3) is 0 Å². The third kappa shape index (κ3) is 2.97. The predicted octanol–water partition coefficient (Wildman–Crippen LogP) is 6.15. The highest BCUT2D eigenvalue weighted by Crippen LogP contribution is 2.46. The Labute approximate surface area is 145 Å². The highest BCUT2D eigenvalue weighted by molar-refractivity contribution is 7.99. The first-order chi connectivity index (χ1) is 11.3. The highest BCUT2D eigenvalue weighted by atomic mass is 35.5. The van der Waals surface area contributed by atoms with E-state index in [9.17, 15) is 0 Å². The van der Waals surface area contributed by atoms with E-state index in [0.717, 1.165) is 11.6 Å². The molecule has 1 unspecified atom stereocenters. The Bertz CT molecular complexity index is 801. The van der Waals surface area contributed by atoms with Crippen molar-refractivity contribution in [2.24, 2.45) is 0 Å². The molecule has 1 atom stereocenters. The van der Waals surface area contributed by atoms with Crippen molar-refractivity contribution in [3.63, 3.8) is 0 Å². The average molecular weight is 338 g/mol. The lowest BCUT2D eigenvalue weighted by Gasteiger charge is -2.38. The van der Waals surface area contributed by atoms with Gasteiger partial charge in [0, 0.05) is 22.2 Å². The summed E-state index contributed by atoms with van der Waals surface area (Å²) in [4.78, 5) is 3.81. The minimum Gasteiger partial charge on any atom is -0.351 e. The molecule has 4 rings (SSSR count). The Morgan fingerprint density at radius 3 is 2.30 bits per heavy atom. The third-order valence-corrected chi connectivity index (χ3v) is 5.73. The number of fused-ring (bicyclic) bond motifs is 1. The van der Waals surface area contributed by atoms with Crippen LogP contribution in [0.1, 0.15) is 16.5 Å². The van der Waals surface area contributed by atoms with E-state index in [-0.39, 0.29) is 5.37 Å². The van der Waals surface area contributed by atoms with Crippen molar-refractivity contribution >= 4 is 29.1 Å². The average Bonchev–Trinajstić information content (AvgIpc) is 2.62. The van der Waals surface area contributed by atoms with Crippen LogP contribution in [0.15, 0.2) is 83.8 Å². The van der Waals surface area contributed by atoms with Crippen LogP contribution >= 0.6 is 23.4 Å². The first-order valence-corrected chi connectivity index (χ1v) is 8.89. The normalized spacial score (nSPS) is 16.9. The second-order valence-electron chi connectivity index (χ2n) is 5.59. The number of nitrogens with zero attached hydrogens (tertiary/aromatic N) is 1. The minimum atomic E-state index is 0.271. The molecule has 23 heavy (non-hydrogen) atoms. The van der Waals surface area contributed by atoms with Crippen LogP contribution < -0.4 is 4.90 Å². The van der Waals surface area contributed by atoms with Crippen molar-refractivity contribution in [1.82, 2.24) is 0 Å². The summed E-state index contributed by atoms with van der Waals surface area (Å²) in [6.45, 7) is 0.907. The third-order valence-electron chi connectivity index (χ3n) is 4.08. The lowest BCUT2D eigenvalue weighted by Crippen LogP contribution is -2.29. The minimum absolute atomic E-state index is 0.271. The van der Waals surface area contributed by atoms with Gasteiger partial charge in [-0.2, -0.15) is 0 Å². The molecule has 3 aromatic rings. The van der Waals surface area contributed by atoms with Gasteiger partial charge in [0.15, 0.2) is 0 Å². The summed E-state index contributed by atoms with van der Waals surface area (Å²) in [7, 11) is 0. The van der Waals surface area contributed by atoms with Gasteiger partial charge in [0.2, 0.25) is 0 Å². The van der Waals surface area contributed by atoms with Crippen molar-refractivity contribution in [1.29, 1.82) is 0 Å². The fourth-order valence-corrected chi connectivity index (χ4v) is 4.35. The van der Waals surface area contributed by atoms with Gasteiger partial charge in [0.1, 0.15) is 5.37 Å². The number of rotatable bonds is 2. The maximum atomic E-state index is 6.06. The van der Waals surface area contributed by atoms with Gasteiger partial charge in [-0.1, -0.05) is 71.9 Å². The van der Waals surface area contributed by atoms with E-state index in [1.54, 1.807) is 0 Å². The summed E-state index contributed by atoms with van der Waals surface area (Å²) in [6, 6.07) is 27.5. The number of hydrogen-bond acceptors (Lipinski definition) is 2. The summed E-state index contributed by atoms with van der Waals surface area (Å²) in [6.07, 6.45) is 0. The summed E-state index contributed by atoms with van der Waals surface area (Å²) >= 11 is 7.97. The molecule has 0 saturated carbocycles. The topological polar surface area (TPSA) is 3.24 Å². The van der Waals surface area contributed by atoms with Gasteiger partial charge in [0.05, 0.1) is 0 Å². The number of hydrogen-bond donors (Lipinski definition) is 0. The molecule has 114 valence electrons. The first-order valence-electron chi connectivity index (χ1n) is 7.63.